The molecule has 2 rings (SSSR count). The molecule has 0 aliphatic carbocycles. The summed E-state index contributed by atoms with van der Waals surface area (Å²) in [6.45, 7) is -0.115. The fourth-order valence-corrected chi connectivity index (χ4v) is 2.66. The highest BCUT2D eigenvalue weighted by Crippen LogP contribution is 2.36. The van der Waals surface area contributed by atoms with Crippen LogP contribution in [-0.2, 0) is 14.4 Å². The molecule has 1 unspecified atom stereocenters. The largest absolute Gasteiger partial charge is 0.504 e. The molecule has 12 heteroatoms. The number of amides is 2. The summed E-state index contributed by atoms with van der Waals surface area (Å²) >= 11 is 0. The van der Waals surface area contributed by atoms with Gasteiger partial charge >= 0.3 is 5.97 Å². The first kappa shape index (κ1) is 25.4. The summed E-state index contributed by atoms with van der Waals surface area (Å²) in [5.74, 6) is -6.53. The number of carboxylic acid groups (broad SMARTS) is 1. The van der Waals surface area contributed by atoms with Gasteiger partial charge in [0, 0.05) is 18.7 Å². The lowest BCUT2D eigenvalue weighted by molar-refractivity contribution is -0.141. The molecule has 0 bridgehead atoms. The van der Waals surface area contributed by atoms with E-state index < -0.39 is 58.3 Å². The third kappa shape index (κ3) is 7.09. The molecule has 0 saturated carbocycles. The van der Waals surface area contributed by atoms with Crippen LogP contribution < -0.4 is 10.6 Å². The van der Waals surface area contributed by atoms with Crippen LogP contribution in [0.25, 0.3) is 12.2 Å². The van der Waals surface area contributed by atoms with Gasteiger partial charge in [-0.25, -0.2) is 4.79 Å². The molecule has 34 heavy (non-hydrogen) atoms. The van der Waals surface area contributed by atoms with Gasteiger partial charge in [0.2, 0.25) is 11.8 Å². The predicted octanol–water partition coefficient (Wildman–Crippen LogP) is 0.722. The second kappa shape index (κ2) is 11.1. The summed E-state index contributed by atoms with van der Waals surface area (Å²) in [5, 5.41) is 70.3. The molecular weight excluding hydrogens is 452 g/mol. The van der Waals surface area contributed by atoms with Crippen LogP contribution in [0.4, 0.5) is 0 Å². The van der Waals surface area contributed by atoms with Crippen molar-refractivity contribution in [1.29, 1.82) is 0 Å². The molecule has 1 atom stereocenters. The van der Waals surface area contributed by atoms with E-state index in [1.165, 1.54) is 12.2 Å². The number of phenols is 6. The lowest BCUT2D eigenvalue weighted by Gasteiger charge is -2.13. The molecule has 0 aliphatic heterocycles. The van der Waals surface area contributed by atoms with Crippen LogP contribution in [0, 0.1) is 0 Å². The highest BCUT2D eigenvalue weighted by molar-refractivity contribution is 5.94. The molecule has 2 aromatic rings. The van der Waals surface area contributed by atoms with Crippen LogP contribution in [0.15, 0.2) is 36.4 Å². The van der Waals surface area contributed by atoms with E-state index in [1.54, 1.807) is 0 Å². The predicted molar refractivity (Wildman–Crippen MR) is 118 cm³/mol. The summed E-state index contributed by atoms with van der Waals surface area (Å²) in [7, 11) is 0. The van der Waals surface area contributed by atoms with Crippen LogP contribution in [-0.4, -0.2) is 66.1 Å². The zero-order valence-electron chi connectivity index (χ0n) is 17.5. The van der Waals surface area contributed by atoms with Crippen LogP contribution in [0.1, 0.15) is 17.5 Å². The van der Waals surface area contributed by atoms with Crippen molar-refractivity contribution in [3.63, 3.8) is 0 Å². The summed E-state index contributed by atoms with van der Waals surface area (Å²) in [5.41, 5.74) is 0.393. The summed E-state index contributed by atoms with van der Waals surface area (Å²) in [6.07, 6.45) is 4.29. The molecule has 0 aliphatic rings. The fraction of sp³-hybridized carbons (Fsp3) is 0.136. The van der Waals surface area contributed by atoms with E-state index in [-0.39, 0.29) is 24.1 Å². The van der Waals surface area contributed by atoms with Crippen molar-refractivity contribution >= 4 is 29.9 Å². The SMILES string of the molecule is O=C(/C=C/c1cc(O)c(O)c(O)c1)NCCC(NC(=O)/C=C/c1cc(O)c(O)c(O)c1)C(=O)O. The minimum atomic E-state index is -1.35. The number of aliphatic carboxylic acids is 1. The third-order valence-electron chi connectivity index (χ3n) is 4.39. The minimum Gasteiger partial charge on any atom is -0.504 e. The Morgan fingerprint density at radius 1 is 0.735 bits per heavy atom. The Morgan fingerprint density at radius 2 is 1.15 bits per heavy atom. The van der Waals surface area contributed by atoms with Crippen molar-refractivity contribution in [3.8, 4) is 34.5 Å². The summed E-state index contributed by atoms with van der Waals surface area (Å²) in [4.78, 5) is 35.3. The maximum absolute atomic E-state index is 12.0. The first-order valence-corrected chi connectivity index (χ1v) is 9.65. The van der Waals surface area contributed by atoms with E-state index in [0.29, 0.717) is 0 Å². The second-order valence-electron chi connectivity index (χ2n) is 6.96. The molecule has 2 aromatic carbocycles. The Balaban J connectivity index is 1.88. The van der Waals surface area contributed by atoms with E-state index in [4.69, 9.17) is 0 Å². The number of phenolic OH excluding ortho intramolecular Hbond substituents is 6. The van der Waals surface area contributed by atoms with Gasteiger partial charge in [0.1, 0.15) is 6.04 Å². The molecule has 0 spiro atoms. The van der Waals surface area contributed by atoms with Crippen LogP contribution >= 0.6 is 0 Å². The van der Waals surface area contributed by atoms with E-state index in [0.717, 1.165) is 36.4 Å². The fourth-order valence-electron chi connectivity index (χ4n) is 2.66. The van der Waals surface area contributed by atoms with Crippen molar-refractivity contribution in [2.24, 2.45) is 0 Å². The van der Waals surface area contributed by atoms with Crippen molar-refractivity contribution in [2.75, 3.05) is 6.54 Å². The van der Waals surface area contributed by atoms with Crippen molar-refractivity contribution in [3.05, 3.63) is 47.5 Å². The summed E-state index contributed by atoms with van der Waals surface area (Å²) < 4.78 is 0. The molecule has 0 aromatic heterocycles. The smallest absolute Gasteiger partial charge is 0.326 e. The van der Waals surface area contributed by atoms with Gasteiger partial charge in [-0.15, -0.1) is 0 Å². The molecule has 12 nitrogen and oxygen atoms in total. The number of carbonyl (C=O) groups excluding carboxylic acids is 2. The van der Waals surface area contributed by atoms with Gasteiger partial charge in [-0.05, 0) is 54.0 Å². The van der Waals surface area contributed by atoms with E-state index in [1.807, 2.05) is 0 Å². The Bertz CT molecular complexity index is 1110. The zero-order valence-corrected chi connectivity index (χ0v) is 17.5. The third-order valence-corrected chi connectivity index (χ3v) is 4.39. The lowest BCUT2D eigenvalue weighted by atomic mass is 10.1. The Labute approximate surface area is 192 Å². The maximum atomic E-state index is 12.0. The standard InChI is InChI=1S/C22H22N2O10/c25-14-7-11(8-15(26)20(14)31)1-3-18(29)23-6-5-13(22(33)34)24-19(30)4-2-12-9-16(27)21(32)17(28)10-12/h1-4,7-10,13,25-28,31-32H,5-6H2,(H,23,29)(H,24,30)(H,33,34)/b3-1+,4-2+. The van der Waals surface area contributed by atoms with Gasteiger partial charge in [-0.3, -0.25) is 9.59 Å². The number of hydrogen-bond donors (Lipinski definition) is 9. The number of aromatic hydroxyl groups is 6. The van der Waals surface area contributed by atoms with E-state index in [2.05, 4.69) is 10.6 Å². The van der Waals surface area contributed by atoms with Crippen molar-refractivity contribution in [1.82, 2.24) is 10.6 Å². The number of hydrogen-bond acceptors (Lipinski definition) is 9. The highest BCUT2D eigenvalue weighted by atomic mass is 16.4. The van der Waals surface area contributed by atoms with Crippen molar-refractivity contribution < 1.29 is 50.1 Å². The molecular formula is C22H22N2O10. The van der Waals surface area contributed by atoms with Gasteiger partial charge in [0.25, 0.3) is 0 Å². The van der Waals surface area contributed by atoms with Gasteiger partial charge in [0.15, 0.2) is 34.5 Å². The average Bonchev–Trinajstić information content (AvgIpc) is 2.77. The molecule has 2 amide bonds. The van der Waals surface area contributed by atoms with Gasteiger partial charge in [-0.2, -0.15) is 0 Å². The minimum absolute atomic E-state index is 0.115. The molecule has 9 N–H and O–H groups in total. The number of rotatable bonds is 9. The first-order chi connectivity index (χ1) is 16.0. The Morgan fingerprint density at radius 3 is 1.56 bits per heavy atom. The first-order valence-electron chi connectivity index (χ1n) is 9.65. The molecule has 0 heterocycles. The number of benzene rings is 2. The summed E-state index contributed by atoms with van der Waals surface area (Å²) in [6, 6.07) is 3.05. The highest BCUT2D eigenvalue weighted by Gasteiger charge is 2.19. The number of carbonyl (C=O) groups is 3. The van der Waals surface area contributed by atoms with E-state index >= 15 is 0 Å². The van der Waals surface area contributed by atoms with E-state index in [9.17, 15) is 50.1 Å². The van der Waals surface area contributed by atoms with Crippen molar-refractivity contribution in [2.45, 2.75) is 12.5 Å². The topological polar surface area (TPSA) is 217 Å². The lowest BCUT2D eigenvalue weighted by Crippen LogP contribution is -2.42. The number of carboxylic acids is 1. The van der Waals surface area contributed by atoms with Gasteiger partial charge < -0.3 is 46.4 Å². The Kier molecular flexibility index (Phi) is 8.31. The Hall–Kier alpha value is -4.87. The monoisotopic (exact) mass is 474 g/mol. The van der Waals surface area contributed by atoms with Crippen LogP contribution in [0.2, 0.25) is 0 Å². The molecule has 180 valence electrons. The van der Waals surface area contributed by atoms with Crippen LogP contribution in [0.3, 0.4) is 0 Å². The molecule has 0 radical (unpaired) electrons. The quantitative estimate of drug-likeness (QED) is 0.183. The second-order valence-corrected chi connectivity index (χ2v) is 6.96. The van der Waals surface area contributed by atoms with Gasteiger partial charge in [-0.1, -0.05) is 0 Å². The average molecular weight is 474 g/mol. The molecule has 0 saturated heterocycles. The number of nitrogens with one attached hydrogen (secondary N) is 2. The molecule has 0 fully saturated rings. The van der Waals surface area contributed by atoms with Gasteiger partial charge in [0.05, 0.1) is 0 Å². The maximum Gasteiger partial charge on any atom is 0.326 e. The van der Waals surface area contributed by atoms with Crippen LogP contribution in [0.5, 0.6) is 34.5 Å². The zero-order chi connectivity index (χ0) is 25.4. The normalized spacial score (nSPS) is 12.0.